The summed E-state index contributed by atoms with van der Waals surface area (Å²) < 4.78 is 11.1. The van der Waals surface area contributed by atoms with Crippen LogP contribution in [0.2, 0.25) is 0 Å². The van der Waals surface area contributed by atoms with Crippen molar-refractivity contribution in [2.75, 3.05) is 31.6 Å². The van der Waals surface area contributed by atoms with E-state index in [0.717, 1.165) is 26.1 Å². The molecule has 1 N–H and O–H groups in total. The number of para-hydroxylation sites is 2. The number of piperidine rings is 1. The fourth-order valence-electron chi connectivity index (χ4n) is 2.77. The summed E-state index contributed by atoms with van der Waals surface area (Å²) in [6.07, 6.45) is 4.15. The maximum atomic E-state index is 12.1. The van der Waals surface area contributed by atoms with Gasteiger partial charge in [0.25, 0.3) is 0 Å². The smallest absolute Gasteiger partial charge is 0.412 e. The zero-order chi connectivity index (χ0) is 16.5. The van der Waals surface area contributed by atoms with E-state index in [2.05, 4.69) is 10.2 Å². The van der Waals surface area contributed by atoms with Crippen LogP contribution >= 0.6 is 0 Å². The molecule has 1 saturated heterocycles. The first-order chi connectivity index (χ1) is 11.2. The molecule has 1 amide bonds. The number of hydrogen-bond acceptors (Lipinski definition) is 4. The number of carbonyl (C=O) groups excluding carboxylic acids is 1. The first kappa shape index (κ1) is 17.6. The molecule has 1 fully saturated rings. The Morgan fingerprint density at radius 3 is 2.74 bits per heavy atom. The molecule has 5 nitrogen and oxygen atoms in total. The van der Waals surface area contributed by atoms with Gasteiger partial charge >= 0.3 is 6.09 Å². The number of nitrogens with zero attached hydrogens (tertiary/aromatic N) is 1. The molecule has 1 atom stereocenters. The summed E-state index contributed by atoms with van der Waals surface area (Å²) in [6.45, 7) is 7.60. The van der Waals surface area contributed by atoms with Crippen LogP contribution in [0.1, 0.15) is 39.5 Å². The SMILES string of the molecule is CCCOc1ccccc1NC(=O)O[C@H](C)CN1CCCCC1. The van der Waals surface area contributed by atoms with Crippen LogP contribution in [0, 0.1) is 0 Å². The maximum absolute atomic E-state index is 12.1. The van der Waals surface area contributed by atoms with Crippen molar-refractivity contribution < 1.29 is 14.3 Å². The highest BCUT2D eigenvalue weighted by Gasteiger charge is 2.17. The molecule has 1 aromatic rings. The van der Waals surface area contributed by atoms with Crippen LogP contribution in [0.4, 0.5) is 10.5 Å². The summed E-state index contributed by atoms with van der Waals surface area (Å²) in [4.78, 5) is 14.4. The van der Waals surface area contributed by atoms with Crippen molar-refractivity contribution in [3.63, 3.8) is 0 Å². The van der Waals surface area contributed by atoms with Crippen LogP contribution in [0.15, 0.2) is 24.3 Å². The lowest BCUT2D eigenvalue weighted by molar-refractivity contribution is 0.0832. The number of anilines is 1. The summed E-state index contributed by atoms with van der Waals surface area (Å²) in [7, 11) is 0. The van der Waals surface area contributed by atoms with E-state index in [0.29, 0.717) is 18.0 Å². The van der Waals surface area contributed by atoms with Gasteiger partial charge in [0.2, 0.25) is 0 Å². The van der Waals surface area contributed by atoms with Crippen molar-refractivity contribution in [1.82, 2.24) is 4.90 Å². The Kier molecular flexibility index (Phi) is 7.20. The van der Waals surface area contributed by atoms with Crippen molar-refractivity contribution in [2.45, 2.75) is 45.6 Å². The lowest BCUT2D eigenvalue weighted by atomic mass is 10.1. The topological polar surface area (TPSA) is 50.8 Å². The van der Waals surface area contributed by atoms with Gasteiger partial charge in [0.1, 0.15) is 11.9 Å². The molecular formula is C18H28N2O3. The maximum Gasteiger partial charge on any atom is 0.412 e. The predicted octanol–water partition coefficient (Wildman–Crippen LogP) is 3.90. The van der Waals surface area contributed by atoms with Gasteiger partial charge in [0, 0.05) is 6.54 Å². The number of ether oxygens (including phenoxy) is 2. The number of likely N-dealkylation sites (tertiary alicyclic amines) is 1. The van der Waals surface area contributed by atoms with E-state index in [1.165, 1.54) is 19.3 Å². The van der Waals surface area contributed by atoms with Gasteiger partial charge in [-0.15, -0.1) is 0 Å². The Hall–Kier alpha value is -1.75. The standard InChI is InChI=1S/C18H28N2O3/c1-3-13-22-17-10-6-5-9-16(17)19-18(21)23-15(2)14-20-11-7-4-8-12-20/h5-6,9-10,15H,3-4,7-8,11-14H2,1-2H3,(H,19,21)/t15-/m1/s1. The van der Waals surface area contributed by atoms with Crippen molar-refractivity contribution in [2.24, 2.45) is 0 Å². The van der Waals surface area contributed by atoms with Gasteiger partial charge in [-0.05, 0) is 51.4 Å². The second-order valence-electron chi connectivity index (χ2n) is 6.05. The Morgan fingerprint density at radius 2 is 2.00 bits per heavy atom. The molecule has 0 aliphatic carbocycles. The van der Waals surface area contributed by atoms with Crippen molar-refractivity contribution in [3.05, 3.63) is 24.3 Å². The highest BCUT2D eigenvalue weighted by atomic mass is 16.6. The largest absolute Gasteiger partial charge is 0.491 e. The minimum Gasteiger partial charge on any atom is -0.491 e. The van der Waals surface area contributed by atoms with Gasteiger partial charge in [0.15, 0.2) is 0 Å². The summed E-state index contributed by atoms with van der Waals surface area (Å²) in [5.74, 6) is 0.676. The zero-order valence-electron chi connectivity index (χ0n) is 14.2. The third-order valence-corrected chi connectivity index (χ3v) is 3.86. The van der Waals surface area contributed by atoms with Crippen LogP contribution in [-0.4, -0.2) is 43.3 Å². The molecule has 0 spiro atoms. The molecule has 0 radical (unpaired) electrons. The zero-order valence-corrected chi connectivity index (χ0v) is 14.2. The molecule has 128 valence electrons. The minimum absolute atomic E-state index is 0.128. The van der Waals surface area contributed by atoms with Crippen LogP contribution in [0.5, 0.6) is 5.75 Å². The molecule has 5 heteroatoms. The van der Waals surface area contributed by atoms with Gasteiger partial charge in [0.05, 0.1) is 12.3 Å². The monoisotopic (exact) mass is 320 g/mol. The molecule has 0 bridgehead atoms. The molecule has 1 aliphatic heterocycles. The second kappa shape index (κ2) is 9.40. The molecule has 23 heavy (non-hydrogen) atoms. The van der Waals surface area contributed by atoms with Gasteiger partial charge in [-0.1, -0.05) is 25.5 Å². The summed E-state index contributed by atoms with van der Waals surface area (Å²) in [6, 6.07) is 7.43. The average molecular weight is 320 g/mol. The third kappa shape index (κ3) is 6.10. The van der Waals surface area contributed by atoms with Crippen molar-refractivity contribution in [1.29, 1.82) is 0 Å². The van der Waals surface area contributed by atoms with E-state index in [-0.39, 0.29) is 6.10 Å². The molecular weight excluding hydrogens is 292 g/mol. The van der Waals surface area contributed by atoms with E-state index in [1.54, 1.807) is 0 Å². The van der Waals surface area contributed by atoms with Gasteiger partial charge in [-0.25, -0.2) is 4.79 Å². The summed E-state index contributed by atoms with van der Waals surface area (Å²) in [5, 5.41) is 2.78. The Balaban J connectivity index is 1.81. The fourth-order valence-corrected chi connectivity index (χ4v) is 2.77. The lowest BCUT2D eigenvalue weighted by Crippen LogP contribution is -2.37. The van der Waals surface area contributed by atoms with Crippen LogP contribution in [0.3, 0.4) is 0 Å². The first-order valence-corrected chi connectivity index (χ1v) is 8.61. The van der Waals surface area contributed by atoms with Crippen molar-refractivity contribution >= 4 is 11.8 Å². The summed E-state index contributed by atoms with van der Waals surface area (Å²) in [5.41, 5.74) is 0.649. The number of rotatable bonds is 7. The van der Waals surface area contributed by atoms with E-state index in [4.69, 9.17) is 9.47 Å². The number of nitrogens with one attached hydrogen (secondary N) is 1. The average Bonchev–Trinajstić information content (AvgIpc) is 2.54. The second-order valence-corrected chi connectivity index (χ2v) is 6.05. The Labute approximate surface area is 139 Å². The van der Waals surface area contributed by atoms with E-state index in [1.807, 2.05) is 38.1 Å². The van der Waals surface area contributed by atoms with Gasteiger partial charge < -0.3 is 9.47 Å². The summed E-state index contributed by atoms with van der Waals surface area (Å²) >= 11 is 0. The Morgan fingerprint density at radius 1 is 1.26 bits per heavy atom. The predicted molar refractivity (Wildman–Crippen MR) is 92.1 cm³/mol. The highest BCUT2D eigenvalue weighted by molar-refractivity contribution is 5.86. The van der Waals surface area contributed by atoms with E-state index in [9.17, 15) is 4.79 Å². The van der Waals surface area contributed by atoms with Crippen LogP contribution in [0.25, 0.3) is 0 Å². The number of benzene rings is 1. The normalized spacial score (nSPS) is 16.6. The molecule has 1 aliphatic rings. The first-order valence-electron chi connectivity index (χ1n) is 8.61. The van der Waals surface area contributed by atoms with E-state index >= 15 is 0 Å². The molecule has 1 heterocycles. The minimum atomic E-state index is -0.429. The number of hydrogen-bond donors (Lipinski definition) is 1. The molecule has 0 aromatic heterocycles. The molecule has 0 unspecified atom stereocenters. The fraction of sp³-hybridized carbons (Fsp3) is 0.611. The highest BCUT2D eigenvalue weighted by Crippen LogP contribution is 2.24. The van der Waals surface area contributed by atoms with Crippen molar-refractivity contribution in [3.8, 4) is 5.75 Å². The quantitative estimate of drug-likeness (QED) is 0.828. The van der Waals surface area contributed by atoms with Crippen LogP contribution < -0.4 is 10.1 Å². The van der Waals surface area contributed by atoms with Gasteiger partial charge in [-0.2, -0.15) is 0 Å². The van der Waals surface area contributed by atoms with E-state index < -0.39 is 6.09 Å². The lowest BCUT2D eigenvalue weighted by Gasteiger charge is -2.28. The number of carbonyl (C=O) groups is 1. The molecule has 1 aromatic carbocycles. The molecule has 2 rings (SSSR count). The van der Waals surface area contributed by atoms with Crippen LogP contribution in [-0.2, 0) is 4.74 Å². The molecule has 0 saturated carbocycles. The van der Waals surface area contributed by atoms with Gasteiger partial charge in [-0.3, -0.25) is 10.2 Å². The number of amides is 1. The third-order valence-electron chi connectivity index (χ3n) is 3.86. The Bertz CT molecular complexity index is 487.